The van der Waals surface area contributed by atoms with Gasteiger partial charge in [0.15, 0.2) is 0 Å². The van der Waals surface area contributed by atoms with Crippen LogP contribution >= 0.6 is 0 Å². The van der Waals surface area contributed by atoms with E-state index in [4.69, 9.17) is 5.02 Å². The lowest BCUT2D eigenvalue weighted by molar-refractivity contribution is 0.526. The molecule has 0 aliphatic heterocycles. The Morgan fingerprint density at radius 3 is 1.22 bits per heavy atom. The minimum atomic E-state index is -0.659. The van der Waals surface area contributed by atoms with E-state index >= 15 is 0 Å². The van der Waals surface area contributed by atoms with E-state index in [0.717, 1.165) is 66.5 Å². The van der Waals surface area contributed by atoms with Crippen LogP contribution in [0.2, 0.25) is 18.5 Å². The molecule has 0 saturated heterocycles. The van der Waals surface area contributed by atoms with Gasteiger partial charge >= 0.3 is 34.6 Å². The lowest BCUT2D eigenvalue weighted by Gasteiger charge is -2.21. The highest BCUT2D eigenvalue weighted by Crippen LogP contribution is 2.24. The lowest BCUT2D eigenvalue weighted by atomic mass is 9.44. The van der Waals surface area contributed by atoms with Gasteiger partial charge in [-0.15, -0.1) is 0 Å². The first-order valence-electron chi connectivity index (χ1n) is 22.8. The number of fused-ring (bicyclic) bond motifs is 1. The van der Waals surface area contributed by atoms with E-state index in [0.29, 0.717) is 0 Å². The Kier molecular flexibility index (Phi) is 22.2. The lowest BCUT2D eigenvalue weighted by Crippen LogP contribution is -2.44. The zero-order chi connectivity index (χ0) is 48.6. The van der Waals surface area contributed by atoms with E-state index in [9.17, 15) is 20.1 Å². The molecule has 10 heteroatoms. The fraction of sp³-hybridized carbons (Fsp3) is 0.123. The zero-order valence-electron chi connectivity index (χ0n) is 39.6. The molecule has 0 amide bonds. The van der Waals surface area contributed by atoms with Gasteiger partial charge in [-0.2, -0.15) is 0 Å². The van der Waals surface area contributed by atoms with E-state index in [-0.39, 0.29) is 26.1 Å². The van der Waals surface area contributed by atoms with Crippen molar-refractivity contribution in [1.82, 2.24) is 0 Å². The molecule has 0 fully saturated rings. The summed E-state index contributed by atoms with van der Waals surface area (Å²) in [6.07, 6.45) is 4.30. The number of hydrogen-bond donors (Lipinski definition) is 5. The smallest absolute Gasteiger partial charge is 0.360 e. The standard InChI is InChI=1S/C16H13BO.C16H15BO.C10H15BO.C8H11BO.C7H9BO/c18-17(14-9-2-1-3-10-14)16-12-6-8-13-7-4-5-11-15(13)16;1-3-13-9-5-7-11-15(13)17(18)16-12-8-6-10-14(16)4-2;1-10(2,3)11(12)9-7-5-4-6-8-9;1-2-9(10)8-6-4-3-5-7-8;1-8(9)7-5-3-2-4-6-7/h1-12,18H;3-12,18H,1-2H2;4-8,12H,1-3H3;3-7,10H,2H2,1H3;2-6,9H,1H3. The average Bonchev–Trinajstić information content (AvgIpc) is 3.39. The number of hydrogen-bond acceptors (Lipinski definition) is 5. The SMILES string of the molecule is C=Cc1ccccc1B(O)c1ccccc1C=C.CB(O)c1ccccc1.CC(C)(C)B(O)c1ccccc1.CCB(O)c1ccccc1.OB(c1ccccc1)c1cccc2ccccc12. The van der Waals surface area contributed by atoms with Crippen molar-refractivity contribution in [2.75, 3.05) is 0 Å². The zero-order valence-corrected chi connectivity index (χ0v) is 39.6. The van der Waals surface area contributed by atoms with E-state index in [1.54, 1.807) is 19.0 Å². The second-order valence-corrected chi connectivity index (χ2v) is 17.1. The second-order valence-electron chi connectivity index (χ2n) is 17.1. The third-order valence-corrected chi connectivity index (χ3v) is 11.0. The Balaban J connectivity index is 0.000000188. The van der Waals surface area contributed by atoms with Crippen molar-refractivity contribution in [2.45, 2.75) is 46.2 Å². The van der Waals surface area contributed by atoms with Gasteiger partial charge in [0.05, 0.1) is 0 Å². The summed E-state index contributed by atoms with van der Waals surface area (Å²) in [6, 6.07) is 68.4. The van der Waals surface area contributed by atoms with Crippen molar-refractivity contribution in [2.24, 2.45) is 0 Å². The predicted molar refractivity (Wildman–Crippen MR) is 296 cm³/mol. The van der Waals surface area contributed by atoms with Crippen LogP contribution in [0.4, 0.5) is 0 Å². The molecule has 0 unspecified atom stereocenters. The summed E-state index contributed by atoms with van der Waals surface area (Å²) in [5.74, 6) is 0. The first kappa shape index (κ1) is 53.2. The van der Waals surface area contributed by atoms with Crippen LogP contribution in [0.1, 0.15) is 38.8 Å². The summed E-state index contributed by atoms with van der Waals surface area (Å²) >= 11 is 0. The maximum Gasteiger partial charge on any atom is 0.360 e. The monoisotopic (exact) mass is 883 g/mol. The fourth-order valence-corrected chi connectivity index (χ4v) is 7.14. The first-order valence-corrected chi connectivity index (χ1v) is 22.8. The van der Waals surface area contributed by atoms with Gasteiger partial charge in [0.25, 0.3) is 0 Å². The van der Waals surface area contributed by atoms with Gasteiger partial charge in [0, 0.05) is 0 Å². The van der Waals surface area contributed by atoms with Gasteiger partial charge in [-0.05, 0) is 71.8 Å². The summed E-state index contributed by atoms with van der Waals surface area (Å²) in [7, 11) is 0. The molecule has 67 heavy (non-hydrogen) atoms. The van der Waals surface area contributed by atoms with Gasteiger partial charge in [-0.3, -0.25) is 0 Å². The molecule has 0 radical (unpaired) electrons. The summed E-state index contributed by atoms with van der Waals surface area (Å²) < 4.78 is 0. The predicted octanol–water partition coefficient (Wildman–Crippen LogP) is 7.09. The largest absolute Gasteiger partial charge is 0.447 e. The Labute approximate surface area is 401 Å². The normalized spacial score (nSPS) is 10.1. The van der Waals surface area contributed by atoms with Crippen LogP contribution in [0.3, 0.4) is 0 Å². The molecule has 0 aromatic heterocycles. The number of benzene rings is 8. The van der Waals surface area contributed by atoms with Crippen LogP contribution in [0.25, 0.3) is 22.9 Å². The summed E-state index contributed by atoms with van der Waals surface area (Å²) in [4.78, 5) is 0. The van der Waals surface area contributed by atoms with Gasteiger partial charge in [0.2, 0.25) is 0 Å². The molecule has 0 spiro atoms. The van der Waals surface area contributed by atoms with Crippen molar-refractivity contribution >= 4 is 95.7 Å². The third kappa shape index (κ3) is 16.8. The van der Waals surface area contributed by atoms with Gasteiger partial charge in [-0.25, -0.2) is 0 Å². The number of rotatable bonds is 10. The first-order chi connectivity index (χ1) is 32.3. The van der Waals surface area contributed by atoms with Crippen LogP contribution in [-0.2, 0) is 0 Å². The summed E-state index contributed by atoms with van der Waals surface area (Å²) in [5, 5.41) is 51.4. The summed E-state index contributed by atoms with van der Waals surface area (Å²) in [6.45, 7) is 15.1. The minimum Gasteiger partial charge on any atom is -0.447 e. The molecule has 8 rings (SSSR count). The molecule has 0 aliphatic rings. The molecule has 0 atom stereocenters. The van der Waals surface area contributed by atoms with Gasteiger partial charge < -0.3 is 25.1 Å². The van der Waals surface area contributed by atoms with Crippen molar-refractivity contribution in [1.29, 1.82) is 0 Å². The molecule has 336 valence electrons. The molecule has 8 aromatic rings. The van der Waals surface area contributed by atoms with E-state index in [2.05, 4.69) is 31.4 Å². The van der Waals surface area contributed by atoms with Crippen LogP contribution in [-0.4, -0.2) is 59.7 Å². The highest BCUT2D eigenvalue weighted by Gasteiger charge is 2.29. The van der Waals surface area contributed by atoms with Crippen molar-refractivity contribution in [3.8, 4) is 0 Å². The van der Waals surface area contributed by atoms with Crippen LogP contribution < -0.4 is 38.2 Å². The van der Waals surface area contributed by atoms with Crippen LogP contribution in [0.5, 0.6) is 0 Å². The Morgan fingerprint density at radius 2 is 0.791 bits per heavy atom. The van der Waals surface area contributed by atoms with Gasteiger partial charge in [-0.1, -0.05) is 272 Å². The van der Waals surface area contributed by atoms with Crippen LogP contribution in [0.15, 0.2) is 225 Å². The Morgan fingerprint density at radius 1 is 0.418 bits per heavy atom. The van der Waals surface area contributed by atoms with Crippen molar-refractivity contribution in [3.05, 3.63) is 237 Å². The molecule has 0 saturated carbocycles. The van der Waals surface area contributed by atoms with E-state index < -0.39 is 13.8 Å². The van der Waals surface area contributed by atoms with Crippen LogP contribution in [0, 0.1) is 0 Å². The molecule has 8 aromatic carbocycles. The second kappa shape index (κ2) is 28.0. The Bertz CT molecular complexity index is 2590. The van der Waals surface area contributed by atoms with Crippen molar-refractivity contribution in [3.63, 3.8) is 0 Å². The van der Waals surface area contributed by atoms with E-state index in [1.165, 1.54) is 0 Å². The minimum absolute atomic E-state index is 0.0820. The molecule has 5 nitrogen and oxygen atoms in total. The fourth-order valence-electron chi connectivity index (χ4n) is 7.14. The van der Waals surface area contributed by atoms with Crippen molar-refractivity contribution < 1.29 is 25.1 Å². The molecule has 0 aliphatic carbocycles. The quantitative estimate of drug-likeness (QED) is 0.0946. The van der Waals surface area contributed by atoms with Gasteiger partial charge in [0.1, 0.15) is 0 Å². The highest BCUT2D eigenvalue weighted by molar-refractivity contribution is 6.81. The third-order valence-electron chi connectivity index (χ3n) is 11.0. The Hall–Kier alpha value is -6.38. The average molecular weight is 882 g/mol. The summed E-state index contributed by atoms with van der Waals surface area (Å²) in [5.41, 5.74) is 8.47. The molecule has 0 heterocycles. The maximum absolute atomic E-state index is 10.5. The maximum atomic E-state index is 10.5. The van der Waals surface area contributed by atoms with E-state index in [1.807, 2.05) is 222 Å². The molecule has 0 bridgehead atoms. The molecule has 5 N–H and O–H groups in total. The molecular weight excluding hydrogens is 819 g/mol. The topological polar surface area (TPSA) is 101 Å². The highest BCUT2D eigenvalue weighted by atomic mass is 16.2. The molecular formula is C57H63B5O5.